The molecule has 0 unspecified atom stereocenters. The summed E-state index contributed by atoms with van der Waals surface area (Å²) in [6.45, 7) is -3.13. The number of halogens is 5. The molecule has 9 heteroatoms. The van der Waals surface area contributed by atoms with Gasteiger partial charge in [0.15, 0.2) is 11.5 Å². The second-order valence-electron chi connectivity index (χ2n) is 4.86. The zero-order valence-corrected chi connectivity index (χ0v) is 13.2. The fourth-order valence-electron chi connectivity index (χ4n) is 2.06. The Morgan fingerprint density at radius 3 is 2.46 bits per heavy atom. The number of para-hydroxylation sites is 1. The Bertz CT molecular complexity index is 840. The summed E-state index contributed by atoms with van der Waals surface area (Å²) >= 11 is 0. The number of methoxy groups -OCH3 is 1. The van der Waals surface area contributed by atoms with Crippen molar-refractivity contribution in [3.8, 4) is 17.6 Å². The van der Waals surface area contributed by atoms with Crippen LogP contribution in [0, 0.1) is 11.3 Å². The summed E-state index contributed by atoms with van der Waals surface area (Å²) in [6.07, 6.45) is -2.80. The minimum absolute atomic E-state index is 0.0109. The number of nitrogens with zero attached hydrogens (tertiary/aromatic N) is 2. The van der Waals surface area contributed by atoms with Crippen molar-refractivity contribution in [1.29, 1.82) is 5.26 Å². The lowest BCUT2D eigenvalue weighted by Gasteiger charge is -2.12. The molecule has 0 saturated carbocycles. The van der Waals surface area contributed by atoms with Gasteiger partial charge in [0.1, 0.15) is 6.07 Å². The highest BCUT2D eigenvalue weighted by molar-refractivity contribution is 5.89. The van der Waals surface area contributed by atoms with Crippen molar-refractivity contribution >= 4 is 11.6 Å². The number of nitriles is 1. The molecule has 0 bridgehead atoms. The lowest BCUT2D eigenvalue weighted by molar-refractivity contribution is -0.137. The SMILES string of the molecule is COc1cccc(/C=C(\C#N)c2ccc(C(F)(F)F)cn2)c1OC(F)F. The molecule has 0 radical (unpaired) electrons. The van der Waals surface area contributed by atoms with Crippen LogP contribution in [0.3, 0.4) is 0 Å². The summed E-state index contributed by atoms with van der Waals surface area (Å²) in [5.41, 5.74) is -1.07. The van der Waals surface area contributed by atoms with E-state index < -0.39 is 18.4 Å². The summed E-state index contributed by atoms with van der Waals surface area (Å²) < 4.78 is 72.4. The molecule has 0 N–H and O–H groups in total. The summed E-state index contributed by atoms with van der Waals surface area (Å²) in [6, 6.07) is 7.83. The molecule has 1 aromatic heterocycles. The number of allylic oxidation sites excluding steroid dienone is 1. The average molecular weight is 370 g/mol. The minimum atomic E-state index is -4.56. The third kappa shape index (κ3) is 4.47. The Morgan fingerprint density at radius 2 is 1.96 bits per heavy atom. The number of alkyl halides is 5. The van der Waals surface area contributed by atoms with Crippen molar-refractivity contribution < 1.29 is 31.4 Å². The van der Waals surface area contributed by atoms with Crippen LogP contribution in [0.1, 0.15) is 16.8 Å². The number of ether oxygens (including phenoxy) is 2. The largest absolute Gasteiger partial charge is 0.493 e. The first-order valence-electron chi connectivity index (χ1n) is 7.03. The van der Waals surface area contributed by atoms with Crippen LogP contribution in [-0.2, 0) is 6.18 Å². The molecule has 0 aliphatic heterocycles. The van der Waals surface area contributed by atoms with Crippen molar-refractivity contribution in [3.63, 3.8) is 0 Å². The zero-order chi connectivity index (χ0) is 19.3. The molecule has 0 aliphatic carbocycles. The fraction of sp³-hybridized carbons (Fsp3) is 0.176. The van der Waals surface area contributed by atoms with E-state index in [2.05, 4.69) is 9.72 Å². The van der Waals surface area contributed by atoms with E-state index in [9.17, 15) is 27.2 Å². The van der Waals surface area contributed by atoms with Gasteiger partial charge in [0, 0.05) is 11.8 Å². The molecular weight excluding hydrogens is 359 g/mol. The van der Waals surface area contributed by atoms with Crippen molar-refractivity contribution in [3.05, 3.63) is 53.3 Å². The van der Waals surface area contributed by atoms with Gasteiger partial charge in [0.2, 0.25) is 0 Å². The third-order valence-electron chi connectivity index (χ3n) is 3.22. The Labute approximate surface area is 145 Å². The maximum Gasteiger partial charge on any atom is 0.417 e. The molecule has 136 valence electrons. The van der Waals surface area contributed by atoms with Crippen molar-refractivity contribution in [2.24, 2.45) is 0 Å². The molecular formula is C17H11F5N2O2. The highest BCUT2D eigenvalue weighted by atomic mass is 19.4. The van der Waals surface area contributed by atoms with E-state index in [1.165, 1.54) is 31.4 Å². The van der Waals surface area contributed by atoms with Crippen LogP contribution >= 0.6 is 0 Å². The normalized spacial score (nSPS) is 12.0. The van der Waals surface area contributed by atoms with Gasteiger partial charge in [-0.3, -0.25) is 4.98 Å². The van der Waals surface area contributed by atoms with Crippen molar-refractivity contribution in [2.45, 2.75) is 12.8 Å². The summed E-state index contributed by atoms with van der Waals surface area (Å²) in [7, 11) is 1.25. The molecule has 0 aliphatic rings. The van der Waals surface area contributed by atoms with Gasteiger partial charge >= 0.3 is 12.8 Å². The number of aromatic nitrogens is 1. The highest BCUT2D eigenvalue weighted by Crippen LogP contribution is 2.35. The van der Waals surface area contributed by atoms with E-state index in [-0.39, 0.29) is 28.3 Å². The van der Waals surface area contributed by atoms with Crippen LogP contribution in [-0.4, -0.2) is 18.7 Å². The third-order valence-corrected chi connectivity index (χ3v) is 3.22. The Kier molecular flexibility index (Phi) is 5.77. The van der Waals surface area contributed by atoms with Gasteiger partial charge in [-0.25, -0.2) is 0 Å². The van der Waals surface area contributed by atoms with Crippen LogP contribution in [0.25, 0.3) is 11.6 Å². The summed E-state index contributed by atoms with van der Waals surface area (Å²) in [4.78, 5) is 3.61. The monoisotopic (exact) mass is 370 g/mol. The quantitative estimate of drug-likeness (QED) is 0.562. The maximum absolute atomic E-state index is 12.6. The van der Waals surface area contributed by atoms with E-state index in [0.717, 1.165) is 12.1 Å². The number of pyridine rings is 1. The van der Waals surface area contributed by atoms with Crippen molar-refractivity contribution in [2.75, 3.05) is 7.11 Å². The van der Waals surface area contributed by atoms with Gasteiger partial charge in [0.25, 0.3) is 0 Å². The van der Waals surface area contributed by atoms with Crippen LogP contribution in [0.2, 0.25) is 0 Å². The van der Waals surface area contributed by atoms with Gasteiger partial charge in [-0.05, 0) is 24.3 Å². The first-order valence-corrected chi connectivity index (χ1v) is 7.03. The van der Waals surface area contributed by atoms with E-state index in [0.29, 0.717) is 6.20 Å². The Morgan fingerprint density at radius 1 is 1.23 bits per heavy atom. The van der Waals surface area contributed by atoms with Gasteiger partial charge in [-0.15, -0.1) is 0 Å². The molecule has 2 rings (SSSR count). The highest BCUT2D eigenvalue weighted by Gasteiger charge is 2.30. The molecule has 0 atom stereocenters. The summed E-state index contributed by atoms with van der Waals surface area (Å²) in [5, 5.41) is 9.27. The second kappa shape index (κ2) is 7.82. The summed E-state index contributed by atoms with van der Waals surface area (Å²) in [5.74, 6) is -0.290. The van der Waals surface area contributed by atoms with E-state index in [4.69, 9.17) is 4.74 Å². The topological polar surface area (TPSA) is 55.1 Å². The maximum atomic E-state index is 12.6. The van der Waals surface area contributed by atoms with Gasteiger partial charge in [-0.1, -0.05) is 12.1 Å². The number of hydrogen-bond donors (Lipinski definition) is 0. The predicted octanol–water partition coefficient (Wildman–Crippen LogP) is 4.77. The van der Waals surface area contributed by atoms with Crippen LogP contribution < -0.4 is 9.47 Å². The number of hydrogen-bond acceptors (Lipinski definition) is 4. The predicted molar refractivity (Wildman–Crippen MR) is 82.3 cm³/mol. The van der Waals surface area contributed by atoms with E-state index in [1.54, 1.807) is 6.07 Å². The molecule has 0 spiro atoms. The van der Waals surface area contributed by atoms with E-state index in [1.807, 2.05) is 0 Å². The molecule has 2 aromatic rings. The Balaban J connectivity index is 2.48. The van der Waals surface area contributed by atoms with Gasteiger partial charge in [-0.2, -0.15) is 27.2 Å². The molecule has 26 heavy (non-hydrogen) atoms. The van der Waals surface area contributed by atoms with Gasteiger partial charge < -0.3 is 9.47 Å². The molecule has 0 fully saturated rings. The second-order valence-corrected chi connectivity index (χ2v) is 4.86. The van der Waals surface area contributed by atoms with Crippen LogP contribution in [0.4, 0.5) is 22.0 Å². The van der Waals surface area contributed by atoms with Crippen molar-refractivity contribution in [1.82, 2.24) is 4.98 Å². The van der Waals surface area contributed by atoms with E-state index >= 15 is 0 Å². The molecule has 4 nitrogen and oxygen atoms in total. The van der Waals surface area contributed by atoms with Crippen LogP contribution in [0.5, 0.6) is 11.5 Å². The lowest BCUT2D eigenvalue weighted by atomic mass is 10.1. The lowest BCUT2D eigenvalue weighted by Crippen LogP contribution is -2.06. The fourth-order valence-corrected chi connectivity index (χ4v) is 2.06. The smallest absolute Gasteiger partial charge is 0.417 e. The molecule has 1 heterocycles. The number of rotatable bonds is 5. The number of benzene rings is 1. The molecule has 0 amide bonds. The zero-order valence-electron chi connectivity index (χ0n) is 13.2. The van der Waals surface area contributed by atoms with Gasteiger partial charge in [0.05, 0.1) is 23.9 Å². The minimum Gasteiger partial charge on any atom is -0.493 e. The standard InChI is InChI=1S/C17H11F5N2O2/c1-25-14-4-2-3-10(15(14)26-16(18)19)7-11(8-23)13-6-5-12(9-24-13)17(20,21)22/h2-7,9,16H,1H3/b11-7+. The first-order chi connectivity index (χ1) is 12.3. The average Bonchev–Trinajstić information content (AvgIpc) is 2.59. The first kappa shape index (κ1) is 19.2. The van der Waals surface area contributed by atoms with Crippen LogP contribution in [0.15, 0.2) is 36.5 Å². The Hall–Kier alpha value is -3.15. The molecule has 1 aromatic carbocycles. The molecule has 0 saturated heterocycles.